The first-order valence-corrected chi connectivity index (χ1v) is 13.2. The Morgan fingerprint density at radius 3 is 2.56 bits per heavy atom. The van der Waals surface area contributed by atoms with E-state index in [2.05, 4.69) is 21.2 Å². The summed E-state index contributed by atoms with van der Waals surface area (Å²) in [6.07, 6.45) is 1.78. The lowest BCUT2D eigenvalue weighted by molar-refractivity contribution is -0.118. The standard InChI is InChI=1S/C27H23BrN2O4S2/c1-3-33-23-14-18(8-13-22(23)34-16-25(31)29-20-11-9-19(28)10-12-20)15-24-26(32)30(27(35)36-24)21-7-5-4-6-17(21)2/h4-15H,3,16H2,1-2H3,(H,29,31)/b24-15-. The molecular formula is C27H23BrN2O4S2. The Morgan fingerprint density at radius 1 is 1.08 bits per heavy atom. The first kappa shape index (κ1) is 25.9. The molecule has 0 bridgehead atoms. The molecule has 3 aromatic carbocycles. The molecule has 184 valence electrons. The maximum atomic E-state index is 13.1. The number of anilines is 2. The van der Waals surface area contributed by atoms with Crippen molar-refractivity contribution in [3.05, 3.63) is 87.2 Å². The molecule has 1 N–H and O–H groups in total. The smallest absolute Gasteiger partial charge is 0.270 e. The number of carbonyl (C=O) groups is 2. The second kappa shape index (κ2) is 11.7. The Kier molecular flexibility index (Phi) is 8.45. The van der Waals surface area contributed by atoms with Gasteiger partial charge in [0.1, 0.15) is 0 Å². The molecule has 2 amide bonds. The van der Waals surface area contributed by atoms with Gasteiger partial charge in [-0.05, 0) is 73.5 Å². The van der Waals surface area contributed by atoms with Gasteiger partial charge in [-0.25, -0.2) is 0 Å². The summed E-state index contributed by atoms with van der Waals surface area (Å²) in [7, 11) is 0. The highest BCUT2D eigenvalue weighted by atomic mass is 79.9. The van der Waals surface area contributed by atoms with Crippen molar-refractivity contribution in [1.82, 2.24) is 0 Å². The number of nitrogens with one attached hydrogen (secondary N) is 1. The number of ether oxygens (including phenoxy) is 2. The average molecular weight is 584 g/mol. The quantitative estimate of drug-likeness (QED) is 0.239. The van der Waals surface area contributed by atoms with E-state index in [0.717, 1.165) is 21.3 Å². The number of thiocarbonyl (C=S) groups is 1. The van der Waals surface area contributed by atoms with E-state index in [4.69, 9.17) is 21.7 Å². The fourth-order valence-electron chi connectivity index (χ4n) is 3.52. The van der Waals surface area contributed by atoms with Crippen LogP contribution in [0.3, 0.4) is 0 Å². The zero-order valence-electron chi connectivity index (χ0n) is 19.6. The monoisotopic (exact) mass is 582 g/mol. The lowest BCUT2D eigenvalue weighted by Crippen LogP contribution is -2.28. The largest absolute Gasteiger partial charge is 0.490 e. The highest BCUT2D eigenvalue weighted by Crippen LogP contribution is 2.38. The Labute approximate surface area is 227 Å². The molecule has 36 heavy (non-hydrogen) atoms. The molecule has 0 atom stereocenters. The number of aryl methyl sites for hydroxylation is 1. The number of amides is 2. The summed E-state index contributed by atoms with van der Waals surface area (Å²) in [5, 5.41) is 2.79. The van der Waals surface area contributed by atoms with Gasteiger partial charge in [0.15, 0.2) is 22.4 Å². The first-order valence-electron chi connectivity index (χ1n) is 11.1. The van der Waals surface area contributed by atoms with Crippen molar-refractivity contribution in [2.45, 2.75) is 13.8 Å². The minimum absolute atomic E-state index is 0.165. The van der Waals surface area contributed by atoms with Crippen molar-refractivity contribution < 1.29 is 19.1 Å². The number of hydrogen-bond acceptors (Lipinski definition) is 6. The van der Waals surface area contributed by atoms with Crippen LogP contribution in [0, 0.1) is 6.92 Å². The van der Waals surface area contributed by atoms with Crippen molar-refractivity contribution in [3.63, 3.8) is 0 Å². The zero-order valence-corrected chi connectivity index (χ0v) is 22.8. The van der Waals surface area contributed by atoms with Crippen molar-refractivity contribution >= 4 is 73.5 Å². The van der Waals surface area contributed by atoms with Crippen LogP contribution in [-0.2, 0) is 9.59 Å². The van der Waals surface area contributed by atoms with Crippen LogP contribution in [0.5, 0.6) is 11.5 Å². The second-order valence-corrected chi connectivity index (χ2v) is 10.4. The van der Waals surface area contributed by atoms with Gasteiger partial charge in [-0.15, -0.1) is 0 Å². The van der Waals surface area contributed by atoms with E-state index < -0.39 is 0 Å². The fourth-order valence-corrected chi connectivity index (χ4v) is 5.07. The summed E-state index contributed by atoms with van der Waals surface area (Å²) in [6.45, 7) is 4.05. The van der Waals surface area contributed by atoms with E-state index in [1.54, 1.807) is 35.2 Å². The maximum Gasteiger partial charge on any atom is 0.270 e. The number of thioether (sulfide) groups is 1. The van der Waals surface area contributed by atoms with Crippen molar-refractivity contribution in [3.8, 4) is 11.5 Å². The third-order valence-electron chi connectivity index (χ3n) is 5.20. The molecule has 9 heteroatoms. The summed E-state index contributed by atoms with van der Waals surface area (Å²) >= 11 is 10.1. The molecular weight excluding hydrogens is 560 g/mol. The zero-order chi connectivity index (χ0) is 25.7. The lowest BCUT2D eigenvalue weighted by Gasteiger charge is -2.16. The van der Waals surface area contributed by atoms with Crippen molar-refractivity contribution in [2.75, 3.05) is 23.4 Å². The molecule has 0 saturated carbocycles. The van der Waals surface area contributed by atoms with E-state index in [0.29, 0.717) is 33.0 Å². The van der Waals surface area contributed by atoms with Crippen molar-refractivity contribution in [1.29, 1.82) is 0 Å². The summed E-state index contributed by atoms with van der Waals surface area (Å²) in [5.74, 6) is 0.468. The highest BCUT2D eigenvalue weighted by molar-refractivity contribution is 9.10. The van der Waals surface area contributed by atoms with Gasteiger partial charge in [0, 0.05) is 10.2 Å². The molecule has 6 nitrogen and oxygen atoms in total. The topological polar surface area (TPSA) is 67.9 Å². The maximum absolute atomic E-state index is 13.1. The predicted molar refractivity (Wildman–Crippen MR) is 153 cm³/mol. The van der Waals surface area contributed by atoms with Crippen LogP contribution in [0.25, 0.3) is 6.08 Å². The van der Waals surface area contributed by atoms with E-state index >= 15 is 0 Å². The van der Waals surface area contributed by atoms with Crippen LogP contribution in [0.15, 0.2) is 76.1 Å². The van der Waals surface area contributed by atoms with Crippen LogP contribution in [0.4, 0.5) is 11.4 Å². The third kappa shape index (κ3) is 6.16. The molecule has 1 fully saturated rings. The van der Waals surface area contributed by atoms with Gasteiger partial charge in [-0.2, -0.15) is 0 Å². The molecule has 0 spiro atoms. The second-order valence-electron chi connectivity index (χ2n) is 7.79. The number of nitrogens with zero attached hydrogens (tertiary/aromatic N) is 1. The molecule has 0 unspecified atom stereocenters. The highest BCUT2D eigenvalue weighted by Gasteiger charge is 2.34. The number of hydrogen-bond donors (Lipinski definition) is 1. The van der Waals surface area contributed by atoms with E-state index in [-0.39, 0.29) is 18.4 Å². The van der Waals surface area contributed by atoms with E-state index in [1.165, 1.54) is 11.8 Å². The number of carbonyl (C=O) groups excluding carboxylic acids is 2. The van der Waals surface area contributed by atoms with Gasteiger partial charge in [-0.3, -0.25) is 14.5 Å². The number of para-hydroxylation sites is 1. The van der Waals surface area contributed by atoms with Crippen LogP contribution < -0.4 is 19.7 Å². The minimum Gasteiger partial charge on any atom is -0.490 e. The summed E-state index contributed by atoms with van der Waals surface area (Å²) in [5.41, 5.74) is 3.19. The van der Waals surface area contributed by atoms with E-state index in [1.807, 2.05) is 56.3 Å². The van der Waals surface area contributed by atoms with Crippen LogP contribution in [-0.4, -0.2) is 29.3 Å². The van der Waals surface area contributed by atoms with Crippen LogP contribution in [0.1, 0.15) is 18.1 Å². The molecule has 0 aromatic heterocycles. The number of halogens is 1. The van der Waals surface area contributed by atoms with Crippen LogP contribution >= 0.6 is 39.9 Å². The normalized spacial score (nSPS) is 14.3. The lowest BCUT2D eigenvalue weighted by atomic mass is 10.1. The van der Waals surface area contributed by atoms with Gasteiger partial charge in [0.2, 0.25) is 0 Å². The minimum atomic E-state index is -0.288. The van der Waals surface area contributed by atoms with E-state index in [9.17, 15) is 9.59 Å². The summed E-state index contributed by atoms with van der Waals surface area (Å²) in [4.78, 5) is 27.5. The molecule has 0 aliphatic carbocycles. The van der Waals surface area contributed by atoms with Crippen LogP contribution in [0.2, 0.25) is 0 Å². The van der Waals surface area contributed by atoms with Crippen molar-refractivity contribution in [2.24, 2.45) is 0 Å². The molecule has 1 aliphatic heterocycles. The van der Waals surface area contributed by atoms with Gasteiger partial charge in [-0.1, -0.05) is 64.2 Å². The predicted octanol–water partition coefficient (Wildman–Crippen LogP) is 6.58. The molecule has 1 heterocycles. The number of benzene rings is 3. The number of rotatable bonds is 8. The Bertz CT molecular complexity index is 1340. The summed E-state index contributed by atoms with van der Waals surface area (Å²) in [6, 6.07) is 20.2. The average Bonchev–Trinajstić information content (AvgIpc) is 3.13. The molecule has 1 aliphatic rings. The first-order chi connectivity index (χ1) is 17.4. The molecule has 4 rings (SSSR count). The third-order valence-corrected chi connectivity index (χ3v) is 7.03. The van der Waals surface area contributed by atoms with Gasteiger partial charge in [0.25, 0.3) is 11.8 Å². The Balaban J connectivity index is 1.48. The molecule has 1 saturated heterocycles. The molecule has 3 aromatic rings. The Hall–Kier alpha value is -3.14. The Morgan fingerprint density at radius 2 is 1.83 bits per heavy atom. The van der Waals surface area contributed by atoms with Gasteiger partial charge >= 0.3 is 0 Å². The molecule has 0 radical (unpaired) electrons. The fraction of sp³-hybridized carbons (Fsp3) is 0.148. The summed E-state index contributed by atoms with van der Waals surface area (Å²) < 4.78 is 12.9. The van der Waals surface area contributed by atoms with Gasteiger partial charge < -0.3 is 14.8 Å². The van der Waals surface area contributed by atoms with Gasteiger partial charge in [0.05, 0.1) is 17.2 Å². The SMILES string of the molecule is CCOc1cc(/C=C2\SC(=S)N(c3ccccc3C)C2=O)ccc1OCC(=O)Nc1ccc(Br)cc1.